The molecule has 19 heavy (non-hydrogen) atoms. The van der Waals surface area contributed by atoms with Gasteiger partial charge in [0.15, 0.2) is 5.78 Å². The lowest BCUT2D eigenvalue weighted by molar-refractivity contribution is 0.103. The Hall–Kier alpha value is -2.16. The Morgan fingerprint density at radius 2 is 1.79 bits per heavy atom. The van der Waals surface area contributed by atoms with Crippen molar-refractivity contribution in [2.24, 2.45) is 0 Å². The van der Waals surface area contributed by atoms with Crippen molar-refractivity contribution in [3.8, 4) is 0 Å². The van der Waals surface area contributed by atoms with E-state index < -0.39 is 0 Å². The highest BCUT2D eigenvalue weighted by molar-refractivity contribution is 6.09. The van der Waals surface area contributed by atoms with Crippen LogP contribution in [0.1, 0.15) is 34.1 Å². The fraction of sp³-hybridized carbons (Fsp3) is 0.250. The first-order valence-electron chi connectivity index (χ1n) is 6.37. The molecule has 2 rings (SSSR count). The van der Waals surface area contributed by atoms with Gasteiger partial charge in [-0.15, -0.1) is 0 Å². The topological polar surface area (TPSA) is 39.1 Å². The Morgan fingerprint density at radius 1 is 1.16 bits per heavy atom. The maximum absolute atomic E-state index is 12.5. The van der Waals surface area contributed by atoms with Crippen molar-refractivity contribution in [2.45, 2.75) is 27.3 Å². The summed E-state index contributed by atoms with van der Waals surface area (Å²) in [5.41, 5.74) is 2.25. The van der Waals surface area contributed by atoms with E-state index in [-0.39, 0.29) is 16.9 Å². The van der Waals surface area contributed by atoms with Crippen LogP contribution in [-0.4, -0.2) is 10.4 Å². The van der Waals surface area contributed by atoms with Crippen molar-refractivity contribution in [1.82, 2.24) is 4.57 Å². The number of carbonyl (C=O) groups is 1. The van der Waals surface area contributed by atoms with Gasteiger partial charge in [-0.3, -0.25) is 9.59 Å². The number of nitrogens with zero attached hydrogens (tertiary/aromatic N) is 1. The smallest absolute Gasteiger partial charge is 0.262 e. The quantitative estimate of drug-likeness (QED) is 0.791. The SMILES string of the molecule is CCn1c(C)cc(C)c(C(=O)c2ccccc2)c1=O. The van der Waals surface area contributed by atoms with Gasteiger partial charge in [-0.1, -0.05) is 30.3 Å². The van der Waals surface area contributed by atoms with E-state index in [2.05, 4.69) is 0 Å². The van der Waals surface area contributed by atoms with E-state index in [0.717, 1.165) is 11.3 Å². The number of pyridine rings is 1. The molecule has 0 unspecified atom stereocenters. The highest BCUT2D eigenvalue weighted by atomic mass is 16.1. The van der Waals surface area contributed by atoms with Crippen molar-refractivity contribution in [3.63, 3.8) is 0 Å². The molecular formula is C16H17NO2. The zero-order valence-electron chi connectivity index (χ0n) is 11.4. The van der Waals surface area contributed by atoms with Gasteiger partial charge in [-0.05, 0) is 32.4 Å². The molecule has 2 aromatic rings. The molecule has 0 atom stereocenters. The number of aryl methyl sites for hydroxylation is 2. The van der Waals surface area contributed by atoms with Gasteiger partial charge in [0.2, 0.25) is 0 Å². The molecule has 3 heteroatoms. The first-order valence-corrected chi connectivity index (χ1v) is 6.37. The second-order valence-electron chi connectivity index (χ2n) is 4.59. The van der Waals surface area contributed by atoms with Crippen LogP contribution in [0.25, 0.3) is 0 Å². The number of rotatable bonds is 3. The van der Waals surface area contributed by atoms with Crippen molar-refractivity contribution in [2.75, 3.05) is 0 Å². The normalized spacial score (nSPS) is 10.5. The molecule has 1 aromatic heterocycles. The Labute approximate surface area is 112 Å². The summed E-state index contributed by atoms with van der Waals surface area (Å²) in [6, 6.07) is 10.8. The molecule has 0 aliphatic heterocycles. The van der Waals surface area contributed by atoms with Crippen LogP contribution in [0.5, 0.6) is 0 Å². The summed E-state index contributed by atoms with van der Waals surface area (Å²) in [4.78, 5) is 24.9. The molecule has 0 aliphatic rings. The van der Waals surface area contributed by atoms with Crippen LogP contribution in [0.3, 0.4) is 0 Å². The van der Waals surface area contributed by atoms with Crippen LogP contribution >= 0.6 is 0 Å². The molecular weight excluding hydrogens is 238 g/mol. The predicted molar refractivity (Wildman–Crippen MR) is 75.7 cm³/mol. The molecule has 1 aromatic carbocycles. The van der Waals surface area contributed by atoms with Gasteiger partial charge < -0.3 is 4.57 Å². The standard InChI is InChI=1S/C16H17NO2/c1-4-17-12(3)10-11(2)14(16(17)19)15(18)13-8-6-5-7-9-13/h5-10H,4H2,1-3H3. The van der Waals surface area contributed by atoms with Gasteiger partial charge in [0.1, 0.15) is 0 Å². The van der Waals surface area contributed by atoms with Crippen LogP contribution in [0.4, 0.5) is 0 Å². The fourth-order valence-electron chi connectivity index (χ4n) is 2.33. The summed E-state index contributed by atoms with van der Waals surface area (Å²) in [5.74, 6) is -0.203. The summed E-state index contributed by atoms with van der Waals surface area (Å²) >= 11 is 0. The van der Waals surface area contributed by atoms with E-state index in [9.17, 15) is 9.59 Å². The second-order valence-corrected chi connectivity index (χ2v) is 4.59. The van der Waals surface area contributed by atoms with Crippen LogP contribution in [-0.2, 0) is 6.54 Å². The third kappa shape index (κ3) is 2.36. The fourth-order valence-corrected chi connectivity index (χ4v) is 2.33. The van der Waals surface area contributed by atoms with E-state index in [0.29, 0.717) is 12.1 Å². The predicted octanol–water partition coefficient (Wildman–Crippen LogP) is 2.72. The molecule has 0 fully saturated rings. The number of aromatic nitrogens is 1. The van der Waals surface area contributed by atoms with Gasteiger partial charge in [-0.25, -0.2) is 0 Å². The molecule has 0 spiro atoms. The minimum Gasteiger partial charge on any atom is -0.313 e. The Morgan fingerprint density at radius 3 is 2.37 bits per heavy atom. The molecule has 0 saturated carbocycles. The molecule has 0 amide bonds. The highest BCUT2D eigenvalue weighted by Gasteiger charge is 2.18. The third-order valence-electron chi connectivity index (χ3n) is 3.28. The summed E-state index contributed by atoms with van der Waals surface area (Å²) in [7, 11) is 0. The lowest BCUT2D eigenvalue weighted by Crippen LogP contribution is -2.29. The van der Waals surface area contributed by atoms with Crippen LogP contribution in [0.15, 0.2) is 41.2 Å². The van der Waals surface area contributed by atoms with Gasteiger partial charge in [0.25, 0.3) is 5.56 Å². The second kappa shape index (κ2) is 5.22. The minimum atomic E-state index is -0.203. The van der Waals surface area contributed by atoms with Gasteiger partial charge >= 0.3 is 0 Å². The lowest BCUT2D eigenvalue weighted by Gasteiger charge is -2.12. The van der Waals surface area contributed by atoms with Gasteiger partial charge in [0.05, 0.1) is 5.56 Å². The summed E-state index contributed by atoms with van der Waals surface area (Å²) in [6.07, 6.45) is 0. The average Bonchev–Trinajstić information content (AvgIpc) is 2.39. The molecule has 0 saturated heterocycles. The monoisotopic (exact) mass is 255 g/mol. The molecule has 0 aliphatic carbocycles. The Balaban J connectivity index is 2.64. The zero-order chi connectivity index (χ0) is 14.0. The molecule has 3 nitrogen and oxygen atoms in total. The summed E-state index contributed by atoms with van der Waals surface area (Å²) < 4.78 is 1.63. The van der Waals surface area contributed by atoms with Crippen LogP contribution in [0.2, 0.25) is 0 Å². The number of hydrogen-bond donors (Lipinski definition) is 0. The van der Waals surface area contributed by atoms with Crippen LogP contribution in [0, 0.1) is 13.8 Å². The molecule has 1 heterocycles. The lowest BCUT2D eigenvalue weighted by atomic mass is 10.00. The summed E-state index contributed by atoms with van der Waals surface area (Å²) in [6.45, 7) is 6.17. The van der Waals surface area contributed by atoms with Gasteiger partial charge in [-0.2, -0.15) is 0 Å². The van der Waals surface area contributed by atoms with Gasteiger partial charge in [0, 0.05) is 17.8 Å². The number of benzene rings is 1. The maximum Gasteiger partial charge on any atom is 0.262 e. The van der Waals surface area contributed by atoms with Crippen LogP contribution < -0.4 is 5.56 Å². The van der Waals surface area contributed by atoms with E-state index in [1.54, 1.807) is 28.8 Å². The highest BCUT2D eigenvalue weighted by Crippen LogP contribution is 2.12. The van der Waals surface area contributed by atoms with Crippen molar-refractivity contribution >= 4 is 5.78 Å². The van der Waals surface area contributed by atoms with E-state index in [4.69, 9.17) is 0 Å². The van der Waals surface area contributed by atoms with E-state index in [1.807, 2.05) is 32.9 Å². The maximum atomic E-state index is 12.5. The third-order valence-corrected chi connectivity index (χ3v) is 3.28. The first-order chi connectivity index (χ1) is 9.06. The molecule has 0 N–H and O–H groups in total. The van der Waals surface area contributed by atoms with Crippen molar-refractivity contribution in [3.05, 3.63) is 69.1 Å². The average molecular weight is 255 g/mol. The largest absolute Gasteiger partial charge is 0.313 e. The van der Waals surface area contributed by atoms with Crippen molar-refractivity contribution < 1.29 is 4.79 Å². The molecule has 98 valence electrons. The summed E-state index contributed by atoms with van der Waals surface area (Å²) in [5, 5.41) is 0. The minimum absolute atomic E-state index is 0.200. The first kappa shape index (κ1) is 13.3. The molecule has 0 radical (unpaired) electrons. The Kier molecular flexibility index (Phi) is 3.65. The van der Waals surface area contributed by atoms with E-state index in [1.165, 1.54) is 0 Å². The van der Waals surface area contributed by atoms with Crippen molar-refractivity contribution in [1.29, 1.82) is 0 Å². The number of carbonyl (C=O) groups excluding carboxylic acids is 1. The number of hydrogen-bond acceptors (Lipinski definition) is 2. The zero-order valence-corrected chi connectivity index (χ0v) is 11.4. The van der Waals surface area contributed by atoms with E-state index >= 15 is 0 Å². The molecule has 0 bridgehead atoms. The number of ketones is 1. The Bertz CT molecular complexity index is 669.